The summed E-state index contributed by atoms with van der Waals surface area (Å²) in [5.74, 6) is -0.976. The molecule has 0 atom stereocenters. The number of thiophene rings is 1. The maximum Gasteiger partial charge on any atom is 0.251 e. The first-order valence-corrected chi connectivity index (χ1v) is 6.75. The van der Waals surface area contributed by atoms with Gasteiger partial charge < -0.3 is 16.0 Å². The van der Waals surface area contributed by atoms with Gasteiger partial charge in [0.15, 0.2) is 0 Å². The zero-order valence-corrected chi connectivity index (χ0v) is 12.5. The highest BCUT2D eigenvalue weighted by Gasteiger charge is 2.15. The van der Waals surface area contributed by atoms with E-state index in [0.29, 0.717) is 5.00 Å². The van der Waals surface area contributed by atoms with Gasteiger partial charge in [-0.25, -0.2) is 0 Å². The standard InChI is InChI=1S/C12H18N4O3S/c1-15(2)10(18)7-16(3)6-9(17)14-12-8(11(13)19)4-5-20-12/h4-5H,6-7H2,1-3H3,(H2,13,19)(H,14,17). The second-order valence-corrected chi connectivity index (χ2v) is 5.45. The topological polar surface area (TPSA) is 95.7 Å². The number of carbonyl (C=O) groups excluding carboxylic acids is 3. The third kappa shape index (κ3) is 4.63. The Morgan fingerprint density at radius 3 is 2.45 bits per heavy atom. The van der Waals surface area contributed by atoms with Crippen LogP contribution in [-0.4, -0.2) is 61.8 Å². The van der Waals surface area contributed by atoms with E-state index in [2.05, 4.69) is 5.32 Å². The summed E-state index contributed by atoms with van der Waals surface area (Å²) in [5.41, 5.74) is 5.48. The maximum absolute atomic E-state index is 11.8. The van der Waals surface area contributed by atoms with Crippen LogP contribution in [0.2, 0.25) is 0 Å². The van der Waals surface area contributed by atoms with Crippen molar-refractivity contribution in [1.29, 1.82) is 0 Å². The van der Waals surface area contributed by atoms with Crippen LogP contribution in [0.25, 0.3) is 0 Å². The molecule has 0 unspecified atom stereocenters. The molecule has 8 heteroatoms. The number of hydrogen-bond donors (Lipinski definition) is 2. The lowest BCUT2D eigenvalue weighted by Gasteiger charge is -2.18. The van der Waals surface area contributed by atoms with Crippen LogP contribution < -0.4 is 11.1 Å². The maximum atomic E-state index is 11.8. The van der Waals surface area contributed by atoms with Gasteiger partial charge in [-0.1, -0.05) is 0 Å². The van der Waals surface area contributed by atoms with Crippen LogP contribution in [0.15, 0.2) is 11.4 Å². The number of rotatable bonds is 6. The van der Waals surface area contributed by atoms with Gasteiger partial charge in [-0.15, -0.1) is 11.3 Å². The minimum absolute atomic E-state index is 0.0513. The summed E-state index contributed by atoms with van der Waals surface area (Å²) < 4.78 is 0. The van der Waals surface area contributed by atoms with Gasteiger partial charge in [-0.2, -0.15) is 0 Å². The monoisotopic (exact) mass is 298 g/mol. The Hall–Kier alpha value is -1.93. The smallest absolute Gasteiger partial charge is 0.251 e. The first-order chi connectivity index (χ1) is 9.31. The SMILES string of the molecule is CN(CC(=O)Nc1sccc1C(N)=O)CC(=O)N(C)C. The average Bonchev–Trinajstić information content (AvgIpc) is 2.76. The lowest BCUT2D eigenvalue weighted by Crippen LogP contribution is -2.38. The molecule has 110 valence electrons. The second-order valence-electron chi connectivity index (χ2n) is 4.54. The Morgan fingerprint density at radius 1 is 1.25 bits per heavy atom. The molecule has 0 saturated carbocycles. The molecule has 1 rings (SSSR count). The second kappa shape index (κ2) is 7.01. The number of likely N-dealkylation sites (N-methyl/N-ethyl adjacent to an activating group) is 2. The molecule has 0 bridgehead atoms. The predicted molar refractivity (Wildman–Crippen MR) is 77.7 cm³/mol. The Bertz CT molecular complexity index is 513. The van der Waals surface area contributed by atoms with Gasteiger partial charge in [0.1, 0.15) is 5.00 Å². The molecular weight excluding hydrogens is 280 g/mol. The summed E-state index contributed by atoms with van der Waals surface area (Å²) in [6.07, 6.45) is 0. The molecule has 20 heavy (non-hydrogen) atoms. The number of primary amides is 1. The van der Waals surface area contributed by atoms with Crippen LogP contribution in [-0.2, 0) is 9.59 Å². The predicted octanol–water partition coefficient (Wildman–Crippen LogP) is -0.194. The lowest BCUT2D eigenvalue weighted by atomic mass is 10.3. The highest BCUT2D eigenvalue weighted by Crippen LogP contribution is 2.22. The van der Waals surface area contributed by atoms with E-state index in [4.69, 9.17) is 5.73 Å². The van der Waals surface area contributed by atoms with Gasteiger partial charge in [0.25, 0.3) is 5.91 Å². The Kier molecular flexibility index (Phi) is 5.66. The third-order valence-electron chi connectivity index (χ3n) is 2.50. The Morgan fingerprint density at radius 2 is 1.90 bits per heavy atom. The molecule has 7 nitrogen and oxygen atoms in total. The van der Waals surface area contributed by atoms with Crippen LogP contribution in [0, 0.1) is 0 Å². The van der Waals surface area contributed by atoms with Gasteiger partial charge in [0, 0.05) is 14.1 Å². The van der Waals surface area contributed by atoms with Crippen molar-refractivity contribution in [2.24, 2.45) is 5.73 Å². The largest absolute Gasteiger partial charge is 0.366 e. The fourth-order valence-corrected chi connectivity index (χ4v) is 2.25. The van der Waals surface area contributed by atoms with Crippen LogP contribution in [0.3, 0.4) is 0 Å². The van der Waals surface area contributed by atoms with Crippen molar-refractivity contribution in [3.8, 4) is 0 Å². The van der Waals surface area contributed by atoms with Gasteiger partial charge in [0.2, 0.25) is 11.8 Å². The van der Waals surface area contributed by atoms with Crippen LogP contribution in [0.5, 0.6) is 0 Å². The van der Waals surface area contributed by atoms with Gasteiger partial charge in [-0.3, -0.25) is 19.3 Å². The van der Waals surface area contributed by atoms with E-state index in [-0.39, 0.29) is 30.5 Å². The number of anilines is 1. The average molecular weight is 298 g/mol. The first-order valence-electron chi connectivity index (χ1n) is 5.87. The molecule has 0 radical (unpaired) electrons. The number of amides is 3. The zero-order valence-electron chi connectivity index (χ0n) is 11.7. The molecule has 0 saturated heterocycles. The quantitative estimate of drug-likeness (QED) is 0.760. The van der Waals surface area contributed by atoms with E-state index < -0.39 is 5.91 Å². The van der Waals surface area contributed by atoms with E-state index in [1.165, 1.54) is 16.2 Å². The van der Waals surface area contributed by atoms with Gasteiger partial charge >= 0.3 is 0 Å². The third-order valence-corrected chi connectivity index (χ3v) is 3.33. The highest BCUT2D eigenvalue weighted by molar-refractivity contribution is 7.14. The molecule has 3 N–H and O–H groups in total. The molecule has 0 aliphatic rings. The van der Waals surface area contributed by atoms with E-state index in [0.717, 1.165) is 0 Å². The van der Waals surface area contributed by atoms with E-state index in [9.17, 15) is 14.4 Å². The molecule has 1 aromatic rings. The summed E-state index contributed by atoms with van der Waals surface area (Å²) in [4.78, 5) is 37.5. The van der Waals surface area contributed by atoms with Crippen molar-refractivity contribution in [1.82, 2.24) is 9.80 Å². The molecule has 3 amide bonds. The zero-order chi connectivity index (χ0) is 15.3. The number of nitrogens with zero attached hydrogens (tertiary/aromatic N) is 2. The fraction of sp³-hybridized carbons (Fsp3) is 0.417. The van der Waals surface area contributed by atoms with Crippen molar-refractivity contribution < 1.29 is 14.4 Å². The highest BCUT2D eigenvalue weighted by atomic mass is 32.1. The molecule has 1 heterocycles. The molecule has 0 aliphatic heterocycles. The lowest BCUT2D eigenvalue weighted by molar-refractivity contribution is -0.130. The molecule has 0 aliphatic carbocycles. The summed E-state index contributed by atoms with van der Waals surface area (Å²) in [7, 11) is 4.98. The number of carbonyl (C=O) groups is 3. The van der Waals surface area contributed by atoms with E-state index in [1.807, 2.05) is 0 Å². The molecular formula is C12H18N4O3S. The van der Waals surface area contributed by atoms with Crippen molar-refractivity contribution in [2.75, 3.05) is 39.5 Å². The summed E-state index contributed by atoms with van der Waals surface area (Å²) in [6, 6.07) is 1.56. The van der Waals surface area contributed by atoms with Gasteiger partial charge in [-0.05, 0) is 18.5 Å². The summed E-state index contributed by atoms with van der Waals surface area (Å²) in [6.45, 7) is 0.198. The number of hydrogen-bond acceptors (Lipinski definition) is 5. The molecule has 0 aromatic carbocycles. The van der Waals surface area contributed by atoms with Crippen molar-refractivity contribution in [3.05, 3.63) is 17.0 Å². The van der Waals surface area contributed by atoms with Crippen molar-refractivity contribution in [3.63, 3.8) is 0 Å². The number of nitrogens with two attached hydrogens (primary N) is 1. The van der Waals surface area contributed by atoms with E-state index in [1.54, 1.807) is 37.5 Å². The fourth-order valence-electron chi connectivity index (χ4n) is 1.44. The summed E-state index contributed by atoms with van der Waals surface area (Å²) >= 11 is 1.23. The Labute approximate surface area is 121 Å². The van der Waals surface area contributed by atoms with Gasteiger partial charge in [0.05, 0.1) is 18.7 Å². The molecule has 1 aromatic heterocycles. The van der Waals surface area contributed by atoms with Crippen LogP contribution >= 0.6 is 11.3 Å². The molecule has 0 fully saturated rings. The minimum atomic E-state index is -0.585. The minimum Gasteiger partial charge on any atom is -0.366 e. The first kappa shape index (κ1) is 16.1. The number of nitrogens with one attached hydrogen (secondary N) is 1. The summed E-state index contributed by atoms with van der Waals surface area (Å²) in [5, 5.41) is 4.72. The Balaban J connectivity index is 2.53. The van der Waals surface area contributed by atoms with Crippen molar-refractivity contribution in [2.45, 2.75) is 0 Å². The molecule has 0 spiro atoms. The normalized spacial score (nSPS) is 10.4. The van der Waals surface area contributed by atoms with Crippen molar-refractivity contribution >= 4 is 34.1 Å². The van der Waals surface area contributed by atoms with Crippen LogP contribution in [0.1, 0.15) is 10.4 Å². The van der Waals surface area contributed by atoms with Crippen LogP contribution in [0.4, 0.5) is 5.00 Å². The van der Waals surface area contributed by atoms with E-state index >= 15 is 0 Å².